The summed E-state index contributed by atoms with van der Waals surface area (Å²) in [6, 6.07) is 5.70. The number of rotatable bonds is 6. The fourth-order valence-corrected chi connectivity index (χ4v) is 2.83. The van der Waals surface area contributed by atoms with Crippen molar-refractivity contribution in [3.63, 3.8) is 0 Å². The summed E-state index contributed by atoms with van der Waals surface area (Å²) in [5.74, 6) is 0.282. The third kappa shape index (κ3) is 3.82. The molecule has 22 heavy (non-hydrogen) atoms. The Labute approximate surface area is 136 Å². The number of methoxy groups -OCH3 is 2. The molecular formula is C15H23ClN2O4. The molecule has 0 aliphatic carbocycles. The zero-order valence-electron chi connectivity index (χ0n) is 12.8. The summed E-state index contributed by atoms with van der Waals surface area (Å²) in [5, 5.41) is 9.11. The first kappa shape index (κ1) is 18.5. The number of ether oxygens (including phenoxy) is 2. The third-order valence-electron chi connectivity index (χ3n) is 4.03. The van der Waals surface area contributed by atoms with Crippen molar-refractivity contribution >= 4 is 18.4 Å². The van der Waals surface area contributed by atoms with Crippen molar-refractivity contribution in [3.05, 3.63) is 23.8 Å². The maximum atomic E-state index is 11.1. The maximum absolute atomic E-state index is 11.1. The van der Waals surface area contributed by atoms with Gasteiger partial charge in [-0.3, -0.25) is 9.69 Å². The largest absolute Gasteiger partial charge is 0.493 e. The van der Waals surface area contributed by atoms with Crippen molar-refractivity contribution in [2.45, 2.75) is 12.5 Å². The van der Waals surface area contributed by atoms with Crippen molar-refractivity contribution < 1.29 is 19.4 Å². The topological polar surface area (TPSA) is 85.0 Å². The second-order valence-electron chi connectivity index (χ2n) is 5.18. The molecule has 0 aromatic heterocycles. The van der Waals surface area contributed by atoms with Gasteiger partial charge in [0, 0.05) is 19.1 Å². The summed E-state index contributed by atoms with van der Waals surface area (Å²) in [6.45, 7) is 1.71. The van der Waals surface area contributed by atoms with E-state index in [9.17, 15) is 4.79 Å². The van der Waals surface area contributed by atoms with Gasteiger partial charge >= 0.3 is 5.97 Å². The van der Waals surface area contributed by atoms with Gasteiger partial charge in [-0.05, 0) is 30.7 Å². The second kappa shape index (κ2) is 8.22. The zero-order chi connectivity index (χ0) is 15.4. The highest BCUT2D eigenvalue weighted by Gasteiger charge is 2.32. The SMILES string of the molecule is COc1ccc(C(CN)N2CCC(C(=O)O)C2)cc1OC.Cl. The lowest BCUT2D eigenvalue weighted by molar-refractivity contribution is -0.141. The first-order valence-electron chi connectivity index (χ1n) is 6.99. The summed E-state index contributed by atoms with van der Waals surface area (Å²) < 4.78 is 10.5. The number of nitrogens with zero attached hydrogens (tertiary/aromatic N) is 1. The number of aliphatic carboxylic acids is 1. The van der Waals surface area contributed by atoms with Crippen LogP contribution >= 0.6 is 12.4 Å². The van der Waals surface area contributed by atoms with Crippen LogP contribution in [0.1, 0.15) is 18.0 Å². The van der Waals surface area contributed by atoms with Gasteiger partial charge in [0.1, 0.15) is 0 Å². The van der Waals surface area contributed by atoms with Crippen molar-refractivity contribution in [1.29, 1.82) is 0 Å². The smallest absolute Gasteiger partial charge is 0.307 e. The van der Waals surface area contributed by atoms with E-state index in [1.807, 2.05) is 18.2 Å². The van der Waals surface area contributed by atoms with Gasteiger partial charge in [0.2, 0.25) is 0 Å². The van der Waals surface area contributed by atoms with Crippen molar-refractivity contribution in [1.82, 2.24) is 4.90 Å². The van der Waals surface area contributed by atoms with E-state index in [0.717, 1.165) is 12.1 Å². The highest BCUT2D eigenvalue weighted by Crippen LogP contribution is 2.33. The standard InChI is InChI=1S/C15H22N2O4.ClH/c1-20-13-4-3-10(7-14(13)21-2)12(8-16)17-6-5-11(9-17)15(18)19;/h3-4,7,11-12H,5-6,8-9,16H2,1-2H3,(H,18,19);1H. The molecule has 1 heterocycles. The Morgan fingerprint density at radius 3 is 2.59 bits per heavy atom. The van der Waals surface area contributed by atoms with Crippen LogP contribution in [0.5, 0.6) is 11.5 Å². The minimum Gasteiger partial charge on any atom is -0.493 e. The predicted molar refractivity (Wildman–Crippen MR) is 85.9 cm³/mol. The van der Waals surface area contributed by atoms with Gasteiger partial charge in [-0.15, -0.1) is 12.4 Å². The van der Waals surface area contributed by atoms with Gasteiger partial charge < -0.3 is 20.3 Å². The number of likely N-dealkylation sites (tertiary alicyclic amines) is 1. The fourth-order valence-electron chi connectivity index (χ4n) is 2.83. The summed E-state index contributed by atoms with van der Waals surface area (Å²) in [7, 11) is 3.19. The quantitative estimate of drug-likeness (QED) is 0.823. The van der Waals surface area contributed by atoms with Gasteiger partial charge in [0.15, 0.2) is 11.5 Å². The third-order valence-corrected chi connectivity index (χ3v) is 4.03. The molecule has 2 atom stereocenters. The van der Waals surface area contributed by atoms with Crippen LogP contribution < -0.4 is 15.2 Å². The Balaban J connectivity index is 0.00000242. The molecule has 0 radical (unpaired) electrons. The molecule has 0 spiro atoms. The van der Waals surface area contributed by atoms with Crippen LogP contribution in [-0.4, -0.2) is 49.8 Å². The minimum atomic E-state index is -0.736. The van der Waals surface area contributed by atoms with Crippen LogP contribution in [0.3, 0.4) is 0 Å². The average molecular weight is 331 g/mol. The Hall–Kier alpha value is -1.50. The zero-order valence-corrected chi connectivity index (χ0v) is 13.6. The van der Waals surface area contributed by atoms with Gasteiger partial charge in [0.25, 0.3) is 0 Å². The maximum Gasteiger partial charge on any atom is 0.307 e. The minimum absolute atomic E-state index is 0. The normalized spacial score (nSPS) is 19.3. The molecule has 7 heteroatoms. The molecule has 1 aromatic rings. The summed E-state index contributed by atoms with van der Waals surface area (Å²) in [5.41, 5.74) is 6.92. The molecule has 1 saturated heterocycles. The molecule has 0 saturated carbocycles. The van der Waals surface area contributed by atoms with E-state index in [0.29, 0.717) is 31.0 Å². The Morgan fingerprint density at radius 2 is 2.09 bits per heavy atom. The van der Waals surface area contributed by atoms with Crippen molar-refractivity contribution in [2.24, 2.45) is 11.7 Å². The molecule has 0 bridgehead atoms. The van der Waals surface area contributed by atoms with Crippen LogP contribution in [0.15, 0.2) is 18.2 Å². The number of carboxylic acids is 1. The van der Waals surface area contributed by atoms with Gasteiger partial charge in [-0.25, -0.2) is 0 Å². The van der Waals surface area contributed by atoms with Gasteiger partial charge in [-0.1, -0.05) is 6.07 Å². The molecule has 1 fully saturated rings. The molecule has 2 rings (SSSR count). The van der Waals surface area contributed by atoms with E-state index in [1.54, 1.807) is 14.2 Å². The van der Waals surface area contributed by atoms with Gasteiger partial charge in [0.05, 0.1) is 20.1 Å². The van der Waals surface area contributed by atoms with E-state index < -0.39 is 5.97 Å². The molecule has 1 aliphatic heterocycles. The first-order valence-corrected chi connectivity index (χ1v) is 6.99. The number of nitrogens with two attached hydrogens (primary N) is 1. The van der Waals surface area contributed by atoms with Crippen molar-refractivity contribution in [3.8, 4) is 11.5 Å². The lowest BCUT2D eigenvalue weighted by Crippen LogP contribution is -2.32. The van der Waals surface area contributed by atoms with Crippen molar-refractivity contribution in [2.75, 3.05) is 33.9 Å². The number of hydrogen-bond donors (Lipinski definition) is 2. The highest BCUT2D eigenvalue weighted by molar-refractivity contribution is 5.85. The van der Waals surface area contributed by atoms with E-state index >= 15 is 0 Å². The summed E-state index contributed by atoms with van der Waals surface area (Å²) in [6.07, 6.45) is 0.666. The Bertz CT molecular complexity index is 512. The molecule has 3 N–H and O–H groups in total. The Morgan fingerprint density at radius 1 is 1.41 bits per heavy atom. The molecular weight excluding hydrogens is 308 g/mol. The van der Waals surface area contributed by atoms with E-state index in [4.69, 9.17) is 20.3 Å². The lowest BCUT2D eigenvalue weighted by atomic mass is 10.0. The van der Waals surface area contributed by atoms with Gasteiger partial charge in [-0.2, -0.15) is 0 Å². The van der Waals surface area contributed by atoms with E-state index in [1.165, 1.54) is 0 Å². The monoisotopic (exact) mass is 330 g/mol. The molecule has 1 aromatic carbocycles. The predicted octanol–water partition coefficient (Wildman–Crippen LogP) is 1.53. The number of benzene rings is 1. The average Bonchev–Trinajstić information content (AvgIpc) is 2.97. The highest BCUT2D eigenvalue weighted by atomic mass is 35.5. The summed E-state index contributed by atoms with van der Waals surface area (Å²) >= 11 is 0. The van der Waals surface area contributed by atoms with E-state index in [2.05, 4.69) is 4.90 Å². The lowest BCUT2D eigenvalue weighted by Gasteiger charge is -2.27. The molecule has 0 amide bonds. The van der Waals surface area contributed by atoms with Crippen LogP contribution in [0.2, 0.25) is 0 Å². The fraction of sp³-hybridized carbons (Fsp3) is 0.533. The number of hydrogen-bond acceptors (Lipinski definition) is 5. The first-order chi connectivity index (χ1) is 10.1. The number of halogens is 1. The summed E-state index contributed by atoms with van der Waals surface area (Å²) in [4.78, 5) is 13.2. The number of carboxylic acid groups (broad SMARTS) is 1. The molecule has 1 aliphatic rings. The van der Waals surface area contributed by atoms with E-state index in [-0.39, 0.29) is 24.4 Å². The second-order valence-corrected chi connectivity index (χ2v) is 5.18. The van der Waals surface area contributed by atoms with Crippen LogP contribution in [0.4, 0.5) is 0 Å². The molecule has 2 unspecified atom stereocenters. The molecule has 124 valence electrons. The van der Waals surface area contributed by atoms with Crippen LogP contribution in [-0.2, 0) is 4.79 Å². The number of carbonyl (C=O) groups is 1. The van der Waals surface area contributed by atoms with Crippen LogP contribution in [0, 0.1) is 5.92 Å². The molecule has 6 nitrogen and oxygen atoms in total. The van der Waals surface area contributed by atoms with Crippen LogP contribution in [0.25, 0.3) is 0 Å². The Kier molecular flexibility index (Phi) is 6.93.